The Hall–Kier alpha value is -1.26. The van der Waals surface area contributed by atoms with Crippen LogP contribution >= 0.6 is 11.6 Å². The van der Waals surface area contributed by atoms with Crippen LogP contribution < -0.4 is 5.32 Å². The summed E-state index contributed by atoms with van der Waals surface area (Å²) in [5.41, 5.74) is 1.54. The number of hydrogen-bond donors (Lipinski definition) is 2. The smallest absolute Gasteiger partial charge is 0.321 e. The summed E-state index contributed by atoms with van der Waals surface area (Å²) in [6, 6.07) is 5.16. The molecule has 1 aliphatic rings. The maximum absolute atomic E-state index is 12.0. The Morgan fingerprint density at radius 1 is 1.58 bits per heavy atom. The van der Waals surface area contributed by atoms with Crippen LogP contribution in [0.3, 0.4) is 0 Å². The zero-order valence-electron chi connectivity index (χ0n) is 11.2. The lowest BCUT2D eigenvalue weighted by atomic mass is 10.2. The molecule has 104 valence electrons. The van der Waals surface area contributed by atoms with Gasteiger partial charge in [-0.15, -0.1) is 0 Å². The van der Waals surface area contributed by atoms with E-state index in [1.807, 2.05) is 13.0 Å². The maximum atomic E-state index is 12.0. The molecule has 1 aliphatic carbocycles. The summed E-state index contributed by atoms with van der Waals surface area (Å²) in [6.45, 7) is 2.22. The molecule has 0 bridgehead atoms. The molecule has 1 saturated carbocycles. The van der Waals surface area contributed by atoms with Crippen molar-refractivity contribution >= 4 is 23.3 Å². The minimum Gasteiger partial charge on any atom is -0.391 e. The van der Waals surface area contributed by atoms with Crippen molar-refractivity contribution in [3.63, 3.8) is 0 Å². The van der Waals surface area contributed by atoms with E-state index in [0.717, 1.165) is 18.4 Å². The third-order valence-corrected chi connectivity index (χ3v) is 3.89. The van der Waals surface area contributed by atoms with Crippen molar-refractivity contribution in [3.05, 3.63) is 28.8 Å². The molecule has 0 radical (unpaired) electrons. The second kappa shape index (κ2) is 5.80. The van der Waals surface area contributed by atoms with Gasteiger partial charge >= 0.3 is 6.03 Å². The zero-order valence-corrected chi connectivity index (χ0v) is 11.9. The van der Waals surface area contributed by atoms with E-state index < -0.39 is 6.10 Å². The lowest BCUT2D eigenvalue weighted by Gasteiger charge is -2.21. The summed E-state index contributed by atoms with van der Waals surface area (Å²) in [5, 5.41) is 13.3. The van der Waals surface area contributed by atoms with Crippen LogP contribution in [0.2, 0.25) is 5.02 Å². The van der Waals surface area contributed by atoms with Gasteiger partial charge < -0.3 is 15.3 Å². The highest BCUT2D eigenvalue weighted by Gasteiger charge is 2.31. The second-order valence-corrected chi connectivity index (χ2v) is 5.54. The van der Waals surface area contributed by atoms with Crippen molar-refractivity contribution in [2.75, 3.05) is 18.9 Å². The van der Waals surface area contributed by atoms with E-state index in [4.69, 9.17) is 11.6 Å². The lowest BCUT2D eigenvalue weighted by Crippen LogP contribution is -2.38. The van der Waals surface area contributed by atoms with E-state index in [2.05, 4.69) is 5.32 Å². The standard InChI is InChI=1S/C14H19ClN2O2/c1-9-11(15)4-3-5-12(9)16-14(19)17(2)8-13(18)10-6-7-10/h3-5,10,13,18H,6-8H2,1-2H3,(H,16,19). The number of nitrogens with zero attached hydrogens (tertiary/aromatic N) is 1. The largest absolute Gasteiger partial charge is 0.391 e. The van der Waals surface area contributed by atoms with Crippen molar-refractivity contribution in [1.82, 2.24) is 4.90 Å². The molecule has 2 amide bonds. The Morgan fingerprint density at radius 2 is 2.26 bits per heavy atom. The Labute approximate surface area is 118 Å². The number of aliphatic hydroxyl groups is 1. The predicted octanol–water partition coefficient (Wildman–Crippen LogP) is 2.88. The van der Waals surface area contributed by atoms with Gasteiger partial charge in [-0.25, -0.2) is 4.79 Å². The normalized spacial score (nSPS) is 16.0. The summed E-state index contributed by atoms with van der Waals surface area (Å²) >= 11 is 6.01. The first-order valence-corrected chi connectivity index (χ1v) is 6.82. The van der Waals surface area contributed by atoms with Crippen LogP contribution in [0.15, 0.2) is 18.2 Å². The second-order valence-electron chi connectivity index (χ2n) is 5.13. The van der Waals surface area contributed by atoms with Gasteiger partial charge in [-0.2, -0.15) is 0 Å². The average molecular weight is 283 g/mol. The SMILES string of the molecule is Cc1c(Cl)cccc1NC(=O)N(C)CC(O)C1CC1. The molecule has 1 aromatic rings. The van der Waals surface area contributed by atoms with E-state index in [-0.39, 0.29) is 6.03 Å². The Kier molecular flexibility index (Phi) is 4.32. The number of hydrogen-bond acceptors (Lipinski definition) is 2. The number of halogens is 1. The van der Waals surface area contributed by atoms with E-state index in [9.17, 15) is 9.90 Å². The first-order chi connectivity index (χ1) is 8.99. The molecule has 19 heavy (non-hydrogen) atoms. The highest BCUT2D eigenvalue weighted by Crippen LogP contribution is 2.32. The highest BCUT2D eigenvalue weighted by atomic mass is 35.5. The van der Waals surface area contributed by atoms with Gasteiger partial charge in [0.15, 0.2) is 0 Å². The van der Waals surface area contributed by atoms with E-state index in [1.54, 1.807) is 19.2 Å². The molecule has 0 heterocycles. The first-order valence-electron chi connectivity index (χ1n) is 6.44. The number of amides is 2. The number of rotatable bonds is 4. The predicted molar refractivity (Wildman–Crippen MR) is 76.6 cm³/mol. The molecular formula is C14H19ClN2O2. The molecule has 1 unspecified atom stereocenters. The fourth-order valence-corrected chi connectivity index (χ4v) is 2.12. The van der Waals surface area contributed by atoms with Gasteiger partial charge in [-0.3, -0.25) is 0 Å². The summed E-state index contributed by atoms with van der Waals surface area (Å²) in [6.07, 6.45) is 1.70. The van der Waals surface area contributed by atoms with Gasteiger partial charge in [0, 0.05) is 24.3 Å². The number of nitrogens with one attached hydrogen (secondary N) is 1. The number of urea groups is 1. The van der Waals surface area contributed by atoms with Crippen LogP contribution in [0, 0.1) is 12.8 Å². The Morgan fingerprint density at radius 3 is 2.89 bits per heavy atom. The van der Waals surface area contributed by atoms with Crippen LogP contribution in [0.4, 0.5) is 10.5 Å². The van der Waals surface area contributed by atoms with Crippen molar-refractivity contribution in [3.8, 4) is 0 Å². The number of anilines is 1. The molecule has 1 aromatic carbocycles. The summed E-state index contributed by atoms with van der Waals surface area (Å²) < 4.78 is 0. The van der Waals surface area contributed by atoms with Gasteiger partial charge in [-0.1, -0.05) is 17.7 Å². The number of carbonyl (C=O) groups excluding carboxylic acids is 1. The zero-order chi connectivity index (χ0) is 14.0. The Balaban J connectivity index is 1.94. The van der Waals surface area contributed by atoms with Gasteiger partial charge in [0.2, 0.25) is 0 Å². The minimum atomic E-state index is -0.420. The molecule has 2 N–H and O–H groups in total. The summed E-state index contributed by atoms with van der Waals surface area (Å²) in [4.78, 5) is 13.5. The fraction of sp³-hybridized carbons (Fsp3) is 0.500. The first kappa shape index (κ1) is 14.2. The van der Waals surface area contributed by atoms with Crippen LogP contribution in [0.5, 0.6) is 0 Å². The van der Waals surface area contributed by atoms with Crippen molar-refractivity contribution < 1.29 is 9.90 Å². The topological polar surface area (TPSA) is 52.6 Å². The monoisotopic (exact) mass is 282 g/mol. The fourth-order valence-electron chi connectivity index (χ4n) is 1.95. The third-order valence-electron chi connectivity index (χ3n) is 3.48. The maximum Gasteiger partial charge on any atom is 0.321 e. The van der Waals surface area contributed by atoms with Crippen molar-refractivity contribution in [2.24, 2.45) is 5.92 Å². The number of aliphatic hydroxyl groups excluding tert-OH is 1. The molecule has 1 fully saturated rings. The van der Waals surface area contributed by atoms with Crippen molar-refractivity contribution in [2.45, 2.75) is 25.9 Å². The molecule has 4 nitrogen and oxygen atoms in total. The van der Waals surface area contributed by atoms with Crippen molar-refractivity contribution in [1.29, 1.82) is 0 Å². The average Bonchev–Trinajstić information content (AvgIpc) is 3.18. The minimum absolute atomic E-state index is 0.231. The van der Waals surface area contributed by atoms with Crippen LogP contribution in [-0.2, 0) is 0 Å². The number of likely N-dealkylation sites (N-methyl/N-ethyl adjacent to an activating group) is 1. The van der Waals surface area contributed by atoms with Crippen LogP contribution in [0.25, 0.3) is 0 Å². The van der Waals surface area contributed by atoms with Crippen LogP contribution in [-0.4, -0.2) is 35.7 Å². The molecule has 0 saturated heterocycles. The summed E-state index contributed by atoms with van der Waals surface area (Å²) in [7, 11) is 1.68. The van der Waals surface area contributed by atoms with Crippen LogP contribution in [0.1, 0.15) is 18.4 Å². The van der Waals surface area contributed by atoms with E-state index in [0.29, 0.717) is 23.2 Å². The van der Waals surface area contributed by atoms with E-state index in [1.165, 1.54) is 4.90 Å². The lowest BCUT2D eigenvalue weighted by molar-refractivity contribution is 0.117. The van der Waals surface area contributed by atoms with E-state index >= 15 is 0 Å². The molecule has 1 atom stereocenters. The molecule has 0 aliphatic heterocycles. The van der Waals surface area contributed by atoms with Gasteiger partial charge in [0.25, 0.3) is 0 Å². The molecule has 0 spiro atoms. The van der Waals surface area contributed by atoms with Gasteiger partial charge in [0.05, 0.1) is 6.10 Å². The Bertz CT molecular complexity index is 475. The molecule has 0 aromatic heterocycles. The summed E-state index contributed by atoms with van der Waals surface area (Å²) in [5.74, 6) is 0.364. The quantitative estimate of drug-likeness (QED) is 0.892. The molecule has 2 rings (SSSR count). The molecule has 5 heteroatoms. The highest BCUT2D eigenvalue weighted by molar-refractivity contribution is 6.31. The molecular weight excluding hydrogens is 264 g/mol. The number of benzene rings is 1. The van der Waals surface area contributed by atoms with Gasteiger partial charge in [0.1, 0.15) is 0 Å². The number of carbonyl (C=O) groups is 1. The van der Waals surface area contributed by atoms with Gasteiger partial charge in [-0.05, 0) is 43.4 Å². The third kappa shape index (κ3) is 3.61.